The lowest BCUT2D eigenvalue weighted by Gasteiger charge is -2.07. The Morgan fingerprint density at radius 3 is 2.94 bits per heavy atom. The van der Waals surface area contributed by atoms with Crippen LogP contribution in [0.25, 0.3) is 11.1 Å². The van der Waals surface area contributed by atoms with E-state index in [0.717, 1.165) is 11.1 Å². The van der Waals surface area contributed by atoms with Gasteiger partial charge in [0, 0.05) is 11.7 Å². The summed E-state index contributed by atoms with van der Waals surface area (Å²) < 4.78 is 5.61. The summed E-state index contributed by atoms with van der Waals surface area (Å²) in [5.41, 5.74) is 8.02. The summed E-state index contributed by atoms with van der Waals surface area (Å²) in [4.78, 5) is 4.38. The van der Waals surface area contributed by atoms with E-state index in [1.165, 1.54) is 25.7 Å². The smallest absolute Gasteiger partial charge is 0.295 e. The van der Waals surface area contributed by atoms with Crippen molar-refractivity contribution in [2.75, 3.05) is 11.1 Å². The van der Waals surface area contributed by atoms with Gasteiger partial charge in [0.1, 0.15) is 5.52 Å². The molecule has 1 heterocycles. The molecule has 0 spiro atoms. The van der Waals surface area contributed by atoms with Crippen molar-refractivity contribution >= 4 is 22.8 Å². The van der Waals surface area contributed by atoms with Crippen molar-refractivity contribution in [3.63, 3.8) is 0 Å². The molecule has 0 radical (unpaired) electrons. The molecule has 1 aliphatic rings. The van der Waals surface area contributed by atoms with E-state index in [-0.39, 0.29) is 0 Å². The van der Waals surface area contributed by atoms with Gasteiger partial charge in [0.15, 0.2) is 5.58 Å². The number of fused-ring (bicyclic) bond motifs is 1. The summed E-state index contributed by atoms with van der Waals surface area (Å²) in [5.74, 6) is 0. The molecule has 1 saturated carbocycles. The van der Waals surface area contributed by atoms with Crippen molar-refractivity contribution in [1.29, 1.82) is 0 Å². The first kappa shape index (κ1) is 9.51. The van der Waals surface area contributed by atoms with Gasteiger partial charge in [-0.25, -0.2) is 0 Å². The molecule has 3 rings (SSSR count). The van der Waals surface area contributed by atoms with Gasteiger partial charge < -0.3 is 15.5 Å². The number of nitrogens with one attached hydrogen (secondary N) is 1. The predicted octanol–water partition coefficient (Wildman–Crippen LogP) is 2.76. The molecule has 84 valence electrons. The molecular formula is C12H15N3O. The van der Waals surface area contributed by atoms with Crippen LogP contribution in [0.2, 0.25) is 0 Å². The molecular weight excluding hydrogens is 202 g/mol. The van der Waals surface area contributed by atoms with E-state index in [1.54, 1.807) is 0 Å². The van der Waals surface area contributed by atoms with Crippen LogP contribution in [0.5, 0.6) is 0 Å². The minimum absolute atomic E-state index is 0.519. The average Bonchev–Trinajstić information content (AvgIpc) is 2.86. The number of hydrogen-bond acceptors (Lipinski definition) is 4. The number of rotatable bonds is 2. The second-order valence-electron chi connectivity index (χ2n) is 4.37. The quantitative estimate of drug-likeness (QED) is 0.759. The van der Waals surface area contributed by atoms with Crippen LogP contribution in [0.1, 0.15) is 25.7 Å². The van der Waals surface area contributed by atoms with E-state index >= 15 is 0 Å². The minimum Gasteiger partial charge on any atom is -0.424 e. The predicted molar refractivity (Wildman–Crippen MR) is 64.3 cm³/mol. The van der Waals surface area contributed by atoms with Crippen LogP contribution in [0.15, 0.2) is 22.6 Å². The highest BCUT2D eigenvalue weighted by atomic mass is 16.4. The summed E-state index contributed by atoms with van der Waals surface area (Å²) in [7, 11) is 0. The summed E-state index contributed by atoms with van der Waals surface area (Å²) >= 11 is 0. The lowest BCUT2D eigenvalue weighted by molar-refractivity contribution is 0.594. The van der Waals surface area contributed by atoms with Crippen LogP contribution < -0.4 is 11.1 Å². The number of hydrogen-bond donors (Lipinski definition) is 2. The molecule has 0 saturated heterocycles. The molecule has 1 aromatic heterocycles. The highest BCUT2D eigenvalue weighted by Crippen LogP contribution is 2.25. The van der Waals surface area contributed by atoms with Gasteiger partial charge in [-0.1, -0.05) is 12.8 Å². The highest BCUT2D eigenvalue weighted by Gasteiger charge is 2.16. The summed E-state index contributed by atoms with van der Waals surface area (Å²) in [6, 6.07) is 6.65. The Morgan fingerprint density at radius 1 is 1.31 bits per heavy atom. The molecule has 0 aliphatic heterocycles. The normalized spacial score (nSPS) is 17.0. The third-order valence-electron chi connectivity index (χ3n) is 3.09. The Labute approximate surface area is 93.8 Å². The first-order valence-electron chi connectivity index (χ1n) is 5.74. The Bertz CT molecular complexity index is 500. The van der Waals surface area contributed by atoms with E-state index in [1.807, 2.05) is 18.2 Å². The molecule has 4 heteroatoms. The van der Waals surface area contributed by atoms with Crippen LogP contribution in [-0.4, -0.2) is 11.0 Å². The number of nitrogens with two attached hydrogens (primary N) is 1. The Hall–Kier alpha value is -1.71. The van der Waals surface area contributed by atoms with E-state index in [0.29, 0.717) is 17.7 Å². The van der Waals surface area contributed by atoms with E-state index in [9.17, 15) is 0 Å². The zero-order valence-corrected chi connectivity index (χ0v) is 9.07. The monoisotopic (exact) mass is 217 g/mol. The highest BCUT2D eigenvalue weighted by molar-refractivity contribution is 5.78. The Kier molecular flexibility index (Phi) is 2.20. The van der Waals surface area contributed by atoms with E-state index in [2.05, 4.69) is 10.3 Å². The van der Waals surface area contributed by atoms with Crippen molar-refractivity contribution in [3.05, 3.63) is 18.2 Å². The van der Waals surface area contributed by atoms with Gasteiger partial charge in [-0.2, -0.15) is 4.98 Å². The van der Waals surface area contributed by atoms with Crippen LogP contribution in [-0.2, 0) is 0 Å². The maximum absolute atomic E-state index is 5.69. The topological polar surface area (TPSA) is 64.1 Å². The van der Waals surface area contributed by atoms with Gasteiger partial charge in [0.05, 0.1) is 0 Å². The van der Waals surface area contributed by atoms with Crippen molar-refractivity contribution < 1.29 is 4.42 Å². The van der Waals surface area contributed by atoms with Crippen LogP contribution >= 0.6 is 0 Å². The molecule has 0 amide bonds. The van der Waals surface area contributed by atoms with Crippen molar-refractivity contribution in [2.45, 2.75) is 31.7 Å². The molecule has 4 nitrogen and oxygen atoms in total. The first-order chi connectivity index (χ1) is 7.81. The van der Waals surface area contributed by atoms with Gasteiger partial charge in [0.2, 0.25) is 0 Å². The maximum Gasteiger partial charge on any atom is 0.295 e. The molecule has 1 aliphatic carbocycles. The van der Waals surface area contributed by atoms with Crippen molar-refractivity contribution in [1.82, 2.24) is 4.98 Å². The maximum atomic E-state index is 5.69. The first-order valence-corrected chi connectivity index (χ1v) is 5.74. The van der Waals surface area contributed by atoms with E-state index in [4.69, 9.17) is 10.2 Å². The third-order valence-corrected chi connectivity index (χ3v) is 3.09. The lowest BCUT2D eigenvalue weighted by atomic mass is 10.3. The molecule has 3 N–H and O–H groups in total. The second kappa shape index (κ2) is 3.70. The number of aromatic nitrogens is 1. The molecule has 0 bridgehead atoms. The molecule has 1 aromatic carbocycles. The van der Waals surface area contributed by atoms with Gasteiger partial charge >= 0.3 is 0 Å². The van der Waals surface area contributed by atoms with Crippen LogP contribution in [0.3, 0.4) is 0 Å². The van der Waals surface area contributed by atoms with Crippen molar-refractivity contribution in [2.24, 2.45) is 0 Å². The number of oxazole rings is 1. The average molecular weight is 217 g/mol. The minimum atomic E-state index is 0.519. The summed E-state index contributed by atoms with van der Waals surface area (Å²) in [5, 5.41) is 3.33. The lowest BCUT2D eigenvalue weighted by Crippen LogP contribution is -2.14. The fourth-order valence-corrected chi connectivity index (χ4v) is 2.25. The standard InChI is InChI=1S/C12H15N3O/c13-8-5-6-11-10(7-8)15-12(16-11)14-9-3-1-2-4-9/h5-7,9H,1-4,13H2,(H,14,15). The summed E-state index contributed by atoms with van der Waals surface area (Å²) in [6.45, 7) is 0. The fourth-order valence-electron chi connectivity index (χ4n) is 2.25. The number of anilines is 2. The molecule has 0 unspecified atom stereocenters. The van der Waals surface area contributed by atoms with Gasteiger partial charge in [-0.15, -0.1) is 0 Å². The SMILES string of the molecule is Nc1ccc2oc(NC3CCCC3)nc2c1. The number of nitrogens with zero attached hydrogens (tertiary/aromatic N) is 1. The summed E-state index contributed by atoms with van der Waals surface area (Å²) in [6.07, 6.45) is 5.01. The third kappa shape index (κ3) is 1.71. The van der Waals surface area contributed by atoms with E-state index < -0.39 is 0 Å². The largest absolute Gasteiger partial charge is 0.424 e. The van der Waals surface area contributed by atoms with Crippen LogP contribution in [0.4, 0.5) is 11.7 Å². The molecule has 2 aromatic rings. The Balaban J connectivity index is 1.86. The van der Waals surface area contributed by atoms with Gasteiger partial charge in [0.25, 0.3) is 6.01 Å². The number of benzene rings is 1. The fraction of sp³-hybridized carbons (Fsp3) is 0.417. The zero-order valence-electron chi connectivity index (χ0n) is 9.07. The Morgan fingerprint density at radius 2 is 2.12 bits per heavy atom. The number of nitrogen functional groups attached to an aromatic ring is 1. The van der Waals surface area contributed by atoms with Gasteiger partial charge in [-0.05, 0) is 31.0 Å². The molecule has 0 atom stereocenters. The molecule has 1 fully saturated rings. The molecule has 16 heavy (non-hydrogen) atoms. The van der Waals surface area contributed by atoms with Crippen molar-refractivity contribution in [3.8, 4) is 0 Å². The zero-order chi connectivity index (χ0) is 11.0. The van der Waals surface area contributed by atoms with Crippen LogP contribution in [0, 0.1) is 0 Å². The van der Waals surface area contributed by atoms with Gasteiger partial charge in [-0.3, -0.25) is 0 Å². The second-order valence-corrected chi connectivity index (χ2v) is 4.37.